The van der Waals surface area contributed by atoms with Crippen molar-refractivity contribution < 1.29 is 33.3 Å². The molecule has 0 radical (unpaired) electrons. The van der Waals surface area contributed by atoms with Crippen LogP contribution in [0, 0.1) is 0 Å². The van der Waals surface area contributed by atoms with Gasteiger partial charge in [0, 0.05) is 5.56 Å². The van der Waals surface area contributed by atoms with Crippen LogP contribution in [0.3, 0.4) is 0 Å². The fourth-order valence-electron chi connectivity index (χ4n) is 2.77. The third-order valence-electron chi connectivity index (χ3n) is 4.18. The van der Waals surface area contributed by atoms with E-state index in [4.69, 9.17) is 23.7 Å². The van der Waals surface area contributed by atoms with Gasteiger partial charge in [-0.1, -0.05) is 6.07 Å². The van der Waals surface area contributed by atoms with Crippen LogP contribution in [0.2, 0.25) is 0 Å². The normalized spacial score (nSPS) is 14.1. The van der Waals surface area contributed by atoms with Crippen molar-refractivity contribution in [2.75, 3.05) is 26.9 Å². The van der Waals surface area contributed by atoms with Crippen molar-refractivity contribution in [2.45, 2.75) is 13.8 Å². The number of ether oxygens (including phenoxy) is 5. The van der Waals surface area contributed by atoms with Gasteiger partial charge >= 0.3 is 11.9 Å². The van der Waals surface area contributed by atoms with E-state index in [2.05, 4.69) is 4.99 Å². The highest BCUT2D eigenvalue weighted by atomic mass is 16.6. The van der Waals surface area contributed by atoms with Crippen molar-refractivity contribution in [1.82, 2.24) is 0 Å². The number of carbonyl (C=O) groups excluding carboxylic acids is 2. The molecule has 31 heavy (non-hydrogen) atoms. The molecule has 0 N–H and O–H groups in total. The van der Waals surface area contributed by atoms with Crippen LogP contribution in [0.1, 0.15) is 25.0 Å². The second-order valence-corrected chi connectivity index (χ2v) is 6.30. The molecule has 0 spiro atoms. The third kappa shape index (κ3) is 5.63. The van der Waals surface area contributed by atoms with E-state index in [-0.39, 0.29) is 24.8 Å². The summed E-state index contributed by atoms with van der Waals surface area (Å²) in [4.78, 5) is 28.1. The smallest absolute Gasteiger partial charge is 0.363 e. The molecule has 0 bridgehead atoms. The summed E-state index contributed by atoms with van der Waals surface area (Å²) in [5.41, 5.74) is 1.49. The first-order valence-corrected chi connectivity index (χ1v) is 9.76. The minimum absolute atomic E-state index is 0.161. The standard InChI is InChI=1S/C23H23NO7/c1-4-28-20-13-15(6-11-19(20)30-14-21(25)29-5-2)12-18-23(26)31-22(24-18)16-7-9-17(27-3)10-8-16/h6-13H,4-5,14H2,1-3H3/b18-12-. The average Bonchev–Trinajstić information content (AvgIpc) is 3.14. The lowest BCUT2D eigenvalue weighted by Crippen LogP contribution is -2.15. The highest BCUT2D eigenvalue weighted by molar-refractivity contribution is 6.12. The molecule has 8 heteroatoms. The van der Waals surface area contributed by atoms with Gasteiger partial charge in [-0.05, 0) is 61.9 Å². The van der Waals surface area contributed by atoms with Crippen LogP contribution in [0.5, 0.6) is 17.2 Å². The number of hydrogen-bond acceptors (Lipinski definition) is 8. The van der Waals surface area contributed by atoms with Gasteiger partial charge in [-0.15, -0.1) is 0 Å². The van der Waals surface area contributed by atoms with Crippen molar-refractivity contribution >= 4 is 23.9 Å². The number of nitrogens with zero attached hydrogens (tertiary/aromatic N) is 1. The van der Waals surface area contributed by atoms with Crippen LogP contribution in [-0.2, 0) is 19.1 Å². The van der Waals surface area contributed by atoms with Crippen LogP contribution in [0.15, 0.2) is 53.2 Å². The SMILES string of the molecule is CCOC(=O)COc1ccc(/C=C2\N=C(c3ccc(OC)cc3)OC2=O)cc1OCC. The Balaban J connectivity index is 1.80. The van der Waals surface area contributed by atoms with Gasteiger partial charge in [0.15, 0.2) is 23.8 Å². The third-order valence-corrected chi connectivity index (χ3v) is 4.18. The van der Waals surface area contributed by atoms with Gasteiger partial charge in [0.25, 0.3) is 0 Å². The van der Waals surface area contributed by atoms with Crippen molar-refractivity contribution in [3.8, 4) is 17.2 Å². The summed E-state index contributed by atoms with van der Waals surface area (Å²) in [5.74, 6) is 0.730. The molecule has 0 saturated carbocycles. The maximum atomic E-state index is 12.3. The zero-order valence-electron chi connectivity index (χ0n) is 17.5. The summed E-state index contributed by atoms with van der Waals surface area (Å²) in [6.45, 7) is 4.01. The van der Waals surface area contributed by atoms with Gasteiger partial charge in [-0.3, -0.25) is 0 Å². The second kappa shape index (κ2) is 10.3. The zero-order chi connectivity index (χ0) is 22.2. The van der Waals surface area contributed by atoms with Gasteiger partial charge in [0.2, 0.25) is 5.90 Å². The molecule has 0 amide bonds. The molecule has 1 aliphatic rings. The lowest BCUT2D eigenvalue weighted by molar-refractivity contribution is -0.145. The first-order chi connectivity index (χ1) is 15.0. The highest BCUT2D eigenvalue weighted by Crippen LogP contribution is 2.30. The molecular weight excluding hydrogens is 402 g/mol. The molecular formula is C23H23NO7. The summed E-state index contributed by atoms with van der Waals surface area (Å²) >= 11 is 0. The Hall–Kier alpha value is -3.81. The molecule has 0 atom stereocenters. The van der Waals surface area contributed by atoms with E-state index in [1.54, 1.807) is 62.6 Å². The Morgan fingerprint density at radius 1 is 1.03 bits per heavy atom. The number of hydrogen-bond donors (Lipinski definition) is 0. The quantitative estimate of drug-likeness (QED) is 0.449. The molecule has 0 aliphatic carbocycles. The molecule has 162 valence electrons. The summed E-state index contributed by atoms with van der Waals surface area (Å²) in [6.07, 6.45) is 1.59. The van der Waals surface area contributed by atoms with Crippen LogP contribution in [0.25, 0.3) is 6.08 Å². The maximum Gasteiger partial charge on any atom is 0.363 e. The van der Waals surface area contributed by atoms with E-state index >= 15 is 0 Å². The van der Waals surface area contributed by atoms with E-state index in [1.165, 1.54) is 0 Å². The topological polar surface area (TPSA) is 92.7 Å². The predicted molar refractivity (Wildman–Crippen MR) is 113 cm³/mol. The van der Waals surface area contributed by atoms with Crippen molar-refractivity contribution in [3.63, 3.8) is 0 Å². The first kappa shape index (κ1) is 21.9. The van der Waals surface area contributed by atoms with Gasteiger partial charge in [-0.2, -0.15) is 0 Å². The Morgan fingerprint density at radius 3 is 2.48 bits per heavy atom. The molecule has 2 aromatic rings. The second-order valence-electron chi connectivity index (χ2n) is 6.30. The fraction of sp³-hybridized carbons (Fsp3) is 0.261. The van der Waals surface area contributed by atoms with E-state index in [0.29, 0.717) is 35.0 Å². The number of cyclic esters (lactones) is 1. The molecule has 0 fully saturated rings. The van der Waals surface area contributed by atoms with Crippen LogP contribution in [-0.4, -0.2) is 44.8 Å². The first-order valence-electron chi connectivity index (χ1n) is 9.76. The van der Waals surface area contributed by atoms with E-state index in [1.807, 2.05) is 6.92 Å². The summed E-state index contributed by atoms with van der Waals surface area (Å²) in [7, 11) is 1.58. The van der Waals surface area contributed by atoms with Crippen LogP contribution >= 0.6 is 0 Å². The Labute approximate surface area is 180 Å². The maximum absolute atomic E-state index is 12.3. The lowest BCUT2D eigenvalue weighted by Gasteiger charge is -2.12. The van der Waals surface area contributed by atoms with Gasteiger partial charge in [0.1, 0.15) is 5.75 Å². The number of rotatable bonds is 9. The Morgan fingerprint density at radius 2 is 1.81 bits per heavy atom. The summed E-state index contributed by atoms with van der Waals surface area (Å²) in [5, 5.41) is 0. The van der Waals surface area contributed by atoms with E-state index < -0.39 is 11.9 Å². The molecule has 0 aromatic heterocycles. The van der Waals surface area contributed by atoms with Crippen LogP contribution < -0.4 is 14.2 Å². The van der Waals surface area contributed by atoms with Gasteiger partial charge in [0.05, 0.1) is 20.3 Å². The van der Waals surface area contributed by atoms with E-state index in [0.717, 1.165) is 0 Å². The van der Waals surface area contributed by atoms with Gasteiger partial charge < -0.3 is 23.7 Å². The minimum Gasteiger partial charge on any atom is -0.497 e. The zero-order valence-corrected chi connectivity index (χ0v) is 17.5. The van der Waals surface area contributed by atoms with Crippen molar-refractivity contribution in [2.24, 2.45) is 4.99 Å². The molecule has 8 nitrogen and oxygen atoms in total. The molecule has 3 rings (SSSR count). The number of aliphatic imine (C=N–C) groups is 1. The van der Waals surface area contributed by atoms with Crippen LogP contribution in [0.4, 0.5) is 0 Å². The molecule has 1 heterocycles. The molecule has 2 aromatic carbocycles. The van der Waals surface area contributed by atoms with Gasteiger partial charge in [-0.25, -0.2) is 14.6 Å². The monoisotopic (exact) mass is 425 g/mol. The average molecular weight is 425 g/mol. The number of carbonyl (C=O) groups is 2. The summed E-state index contributed by atoms with van der Waals surface area (Å²) in [6, 6.07) is 12.1. The largest absolute Gasteiger partial charge is 0.497 e. The summed E-state index contributed by atoms with van der Waals surface area (Å²) < 4.78 is 26.4. The molecule has 1 aliphatic heterocycles. The lowest BCUT2D eigenvalue weighted by atomic mass is 10.1. The van der Waals surface area contributed by atoms with Crippen molar-refractivity contribution in [1.29, 1.82) is 0 Å². The Kier molecular flexibility index (Phi) is 7.26. The number of methoxy groups -OCH3 is 1. The molecule has 0 saturated heterocycles. The van der Waals surface area contributed by atoms with E-state index in [9.17, 15) is 9.59 Å². The predicted octanol–water partition coefficient (Wildman–Crippen LogP) is 3.38. The number of benzene rings is 2. The minimum atomic E-state index is -0.550. The molecule has 0 unspecified atom stereocenters. The number of esters is 2. The Bertz CT molecular complexity index is 1010. The van der Waals surface area contributed by atoms with Crippen molar-refractivity contribution in [3.05, 3.63) is 59.3 Å². The highest BCUT2D eigenvalue weighted by Gasteiger charge is 2.24. The fourth-order valence-corrected chi connectivity index (χ4v) is 2.77.